The number of hydrogen-bond donors (Lipinski definition) is 1. The van der Waals surface area contributed by atoms with E-state index < -0.39 is 0 Å². The maximum Gasteiger partial charge on any atom is 0.260 e. The van der Waals surface area contributed by atoms with Gasteiger partial charge in [0.05, 0.1) is 17.0 Å². The van der Waals surface area contributed by atoms with Crippen LogP contribution in [-0.2, 0) is 0 Å². The lowest BCUT2D eigenvalue weighted by Gasteiger charge is -1.99. The van der Waals surface area contributed by atoms with Crippen LogP contribution < -0.4 is 0 Å². The molecular weight excluding hydrogens is 256 g/mol. The summed E-state index contributed by atoms with van der Waals surface area (Å²) in [4.78, 5) is 4.36. The monoisotopic (exact) mass is 268 g/mol. The number of nitrogens with zero attached hydrogens (tertiary/aromatic N) is 4. The van der Waals surface area contributed by atoms with E-state index in [1.165, 1.54) is 0 Å². The van der Waals surface area contributed by atoms with Crippen molar-refractivity contribution in [3.05, 3.63) is 41.7 Å². The maximum atomic E-state index is 9.27. The Morgan fingerprint density at radius 1 is 1.05 bits per heavy atom. The van der Waals surface area contributed by atoms with Crippen molar-refractivity contribution in [2.45, 2.75) is 13.8 Å². The van der Waals surface area contributed by atoms with Crippen molar-refractivity contribution in [1.29, 1.82) is 0 Å². The highest BCUT2D eigenvalue weighted by atomic mass is 16.5. The highest BCUT2D eigenvalue weighted by molar-refractivity contribution is 5.61. The Kier molecular flexibility index (Phi) is 2.90. The van der Waals surface area contributed by atoms with Crippen LogP contribution in [0.25, 0.3) is 22.8 Å². The first-order chi connectivity index (χ1) is 9.63. The Hall–Kier alpha value is -2.76. The van der Waals surface area contributed by atoms with Crippen molar-refractivity contribution >= 4 is 0 Å². The topological polar surface area (TPSA) is 84.9 Å². The normalized spacial score (nSPS) is 10.7. The summed E-state index contributed by atoms with van der Waals surface area (Å²) in [5, 5.41) is 21.2. The van der Waals surface area contributed by atoms with E-state index in [4.69, 9.17) is 4.52 Å². The summed E-state index contributed by atoms with van der Waals surface area (Å²) in [6, 6.07) is 8.47. The molecule has 1 N–H and O–H groups in total. The Morgan fingerprint density at radius 3 is 2.55 bits per heavy atom. The third-order valence-corrected chi connectivity index (χ3v) is 2.88. The van der Waals surface area contributed by atoms with E-state index in [9.17, 15) is 5.11 Å². The zero-order valence-electron chi connectivity index (χ0n) is 11.0. The molecule has 0 aliphatic carbocycles. The van der Waals surface area contributed by atoms with E-state index >= 15 is 0 Å². The van der Waals surface area contributed by atoms with Crippen molar-refractivity contribution in [1.82, 2.24) is 20.3 Å². The molecule has 0 fully saturated rings. The smallest absolute Gasteiger partial charge is 0.260 e. The molecule has 3 rings (SSSR count). The van der Waals surface area contributed by atoms with Gasteiger partial charge in [0.15, 0.2) is 0 Å². The highest BCUT2D eigenvalue weighted by Gasteiger charge is 2.14. The van der Waals surface area contributed by atoms with Gasteiger partial charge in [0, 0.05) is 5.56 Å². The third kappa shape index (κ3) is 2.23. The fraction of sp³-hybridized carbons (Fsp3) is 0.143. The van der Waals surface area contributed by atoms with Crippen molar-refractivity contribution in [2.24, 2.45) is 0 Å². The molecule has 0 aliphatic heterocycles. The number of phenols is 1. The molecule has 0 atom stereocenters. The van der Waals surface area contributed by atoms with Gasteiger partial charge in [-0.25, -0.2) is 0 Å². The van der Waals surface area contributed by atoms with Crippen LogP contribution in [0.3, 0.4) is 0 Å². The van der Waals surface area contributed by atoms with Gasteiger partial charge in [0.2, 0.25) is 5.82 Å². The fourth-order valence-corrected chi connectivity index (χ4v) is 1.83. The predicted octanol–water partition coefficient (Wildman–Crippen LogP) is 2.52. The molecular formula is C14H12N4O2. The Bertz CT molecular complexity index is 750. The average Bonchev–Trinajstić information content (AvgIpc) is 2.92. The lowest BCUT2D eigenvalue weighted by molar-refractivity contribution is 0.431. The molecule has 0 aliphatic rings. The van der Waals surface area contributed by atoms with Crippen molar-refractivity contribution in [2.75, 3.05) is 0 Å². The summed E-state index contributed by atoms with van der Waals surface area (Å²) in [5.41, 5.74) is 3.07. The predicted molar refractivity (Wildman–Crippen MR) is 71.9 cm³/mol. The number of aryl methyl sites for hydroxylation is 2. The summed E-state index contributed by atoms with van der Waals surface area (Å²) in [5.74, 6) is 1.07. The molecule has 0 saturated heterocycles. The first-order valence-corrected chi connectivity index (χ1v) is 6.08. The summed E-state index contributed by atoms with van der Waals surface area (Å²) in [6.07, 6.45) is 0. The van der Waals surface area contributed by atoms with Gasteiger partial charge in [-0.3, -0.25) is 0 Å². The summed E-state index contributed by atoms with van der Waals surface area (Å²) >= 11 is 0. The second-order valence-corrected chi connectivity index (χ2v) is 4.45. The molecule has 6 nitrogen and oxygen atoms in total. The van der Waals surface area contributed by atoms with E-state index in [1.807, 2.05) is 19.9 Å². The quantitative estimate of drug-likeness (QED) is 0.768. The fourth-order valence-electron chi connectivity index (χ4n) is 1.83. The van der Waals surface area contributed by atoms with Crippen LogP contribution in [0.4, 0.5) is 0 Å². The van der Waals surface area contributed by atoms with Gasteiger partial charge in [-0.1, -0.05) is 5.16 Å². The number of rotatable bonds is 2. The van der Waals surface area contributed by atoms with Crippen LogP contribution in [0.15, 0.2) is 34.9 Å². The van der Waals surface area contributed by atoms with E-state index in [2.05, 4.69) is 20.3 Å². The Morgan fingerprint density at radius 2 is 1.80 bits per heavy atom. The largest absolute Gasteiger partial charge is 0.508 e. The van der Waals surface area contributed by atoms with Crippen LogP contribution in [0.5, 0.6) is 5.75 Å². The van der Waals surface area contributed by atoms with Gasteiger partial charge in [0.25, 0.3) is 5.89 Å². The molecule has 1 aromatic carbocycles. The van der Waals surface area contributed by atoms with Gasteiger partial charge < -0.3 is 9.63 Å². The summed E-state index contributed by atoms with van der Waals surface area (Å²) < 4.78 is 5.28. The van der Waals surface area contributed by atoms with E-state index in [1.54, 1.807) is 24.3 Å². The zero-order valence-corrected chi connectivity index (χ0v) is 11.0. The summed E-state index contributed by atoms with van der Waals surface area (Å²) in [6.45, 7) is 3.69. The molecule has 3 aromatic rings. The van der Waals surface area contributed by atoms with Crippen LogP contribution in [0.1, 0.15) is 11.4 Å². The Balaban J connectivity index is 2.01. The minimum Gasteiger partial charge on any atom is -0.508 e. The minimum atomic E-state index is 0.197. The van der Waals surface area contributed by atoms with Gasteiger partial charge in [-0.05, 0) is 44.2 Å². The lowest BCUT2D eigenvalue weighted by atomic mass is 10.2. The molecule has 0 amide bonds. The van der Waals surface area contributed by atoms with Crippen molar-refractivity contribution in [3.63, 3.8) is 0 Å². The molecule has 0 spiro atoms. The van der Waals surface area contributed by atoms with Gasteiger partial charge in [0.1, 0.15) is 5.75 Å². The standard InChI is InChI=1S/C14H12N4O2/c1-8-7-12(9(2)17-16-8)14-15-13(18-20-14)10-3-5-11(19)6-4-10/h3-7,19H,1-2H3. The molecule has 100 valence electrons. The van der Waals surface area contributed by atoms with E-state index in [-0.39, 0.29) is 5.75 Å². The van der Waals surface area contributed by atoms with Gasteiger partial charge >= 0.3 is 0 Å². The van der Waals surface area contributed by atoms with Crippen LogP contribution in [0, 0.1) is 13.8 Å². The maximum absolute atomic E-state index is 9.27. The first-order valence-electron chi connectivity index (χ1n) is 6.08. The molecule has 0 saturated carbocycles. The number of aromatic nitrogens is 4. The van der Waals surface area contributed by atoms with E-state index in [0.29, 0.717) is 11.7 Å². The number of benzene rings is 1. The highest BCUT2D eigenvalue weighted by Crippen LogP contribution is 2.24. The second kappa shape index (κ2) is 4.73. The lowest BCUT2D eigenvalue weighted by Crippen LogP contribution is -1.93. The van der Waals surface area contributed by atoms with Crippen molar-refractivity contribution < 1.29 is 9.63 Å². The first kappa shape index (κ1) is 12.3. The molecule has 0 unspecified atom stereocenters. The third-order valence-electron chi connectivity index (χ3n) is 2.88. The van der Waals surface area contributed by atoms with Crippen LogP contribution in [0.2, 0.25) is 0 Å². The van der Waals surface area contributed by atoms with Crippen LogP contribution in [-0.4, -0.2) is 25.4 Å². The second-order valence-electron chi connectivity index (χ2n) is 4.45. The molecule has 2 aromatic heterocycles. The van der Waals surface area contributed by atoms with Gasteiger partial charge in [-0.2, -0.15) is 15.2 Å². The molecule has 2 heterocycles. The number of aromatic hydroxyl groups is 1. The van der Waals surface area contributed by atoms with Crippen LogP contribution >= 0.6 is 0 Å². The minimum absolute atomic E-state index is 0.197. The van der Waals surface area contributed by atoms with E-state index in [0.717, 1.165) is 22.5 Å². The van der Waals surface area contributed by atoms with Crippen molar-refractivity contribution in [3.8, 4) is 28.6 Å². The van der Waals surface area contributed by atoms with Gasteiger partial charge in [-0.15, -0.1) is 0 Å². The number of hydrogen-bond acceptors (Lipinski definition) is 6. The Labute approximate surface area is 115 Å². The molecule has 0 bridgehead atoms. The number of phenolic OH excluding ortho intramolecular Hbond substituents is 1. The molecule has 0 radical (unpaired) electrons. The molecule has 20 heavy (non-hydrogen) atoms. The average molecular weight is 268 g/mol. The summed E-state index contributed by atoms with van der Waals surface area (Å²) in [7, 11) is 0. The SMILES string of the molecule is Cc1cc(-c2nc(-c3ccc(O)cc3)no2)c(C)nn1. The zero-order chi connectivity index (χ0) is 14.1. The molecule has 6 heteroatoms.